The maximum absolute atomic E-state index is 13.0. The number of aryl methyl sites for hydroxylation is 1. The van der Waals surface area contributed by atoms with Crippen molar-refractivity contribution < 1.29 is 14.7 Å². The number of aromatic carboxylic acids is 1. The van der Waals surface area contributed by atoms with Crippen molar-refractivity contribution in [2.45, 2.75) is 51.7 Å². The molecule has 2 atom stereocenters. The zero-order valence-electron chi connectivity index (χ0n) is 19.2. The van der Waals surface area contributed by atoms with E-state index in [9.17, 15) is 14.7 Å². The molecule has 0 bridgehead atoms. The summed E-state index contributed by atoms with van der Waals surface area (Å²) in [5, 5.41) is 17.3. The zero-order chi connectivity index (χ0) is 24.2. The van der Waals surface area contributed by atoms with Gasteiger partial charge in [0.05, 0.1) is 5.69 Å². The molecule has 0 spiro atoms. The second-order valence-corrected chi connectivity index (χ2v) is 9.82. The Kier molecular flexibility index (Phi) is 7.65. The predicted octanol–water partition coefficient (Wildman–Crippen LogP) is 3.71. The van der Waals surface area contributed by atoms with E-state index in [0.717, 1.165) is 17.6 Å². The Balaban J connectivity index is 1.48. The van der Waals surface area contributed by atoms with Crippen molar-refractivity contribution in [2.75, 3.05) is 18.0 Å². The molecular weight excluding hydrogens is 474 g/mol. The number of carbonyl (C=O) groups is 2. The molecule has 4 rings (SSSR count). The number of anilines is 1. The zero-order valence-corrected chi connectivity index (χ0v) is 20.7. The first-order valence-corrected chi connectivity index (χ1v) is 12.5. The van der Waals surface area contributed by atoms with E-state index in [0.29, 0.717) is 54.2 Å². The van der Waals surface area contributed by atoms with Crippen LogP contribution in [-0.4, -0.2) is 52.9 Å². The summed E-state index contributed by atoms with van der Waals surface area (Å²) in [4.78, 5) is 35.6. The maximum Gasteiger partial charge on any atom is 0.347 e. The number of aliphatic imine (C=N–C) groups is 1. The molecule has 1 aromatic heterocycles. The van der Waals surface area contributed by atoms with Gasteiger partial charge in [-0.2, -0.15) is 0 Å². The topological polar surface area (TPSA) is 107 Å². The van der Waals surface area contributed by atoms with Gasteiger partial charge >= 0.3 is 5.97 Å². The first-order valence-electron chi connectivity index (χ1n) is 11.3. The van der Waals surface area contributed by atoms with Gasteiger partial charge in [0.15, 0.2) is 5.13 Å². The van der Waals surface area contributed by atoms with Crippen molar-refractivity contribution in [3.63, 3.8) is 0 Å². The van der Waals surface area contributed by atoms with Crippen LogP contribution < -0.4 is 15.5 Å². The van der Waals surface area contributed by atoms with E-state index in [-0.39, 0.29) is 22.9 Å². The Bertz CT molecular complexity index is 1130. The lowest BCUT2D eigenvalue weighted by Crippen LogP contribution is -2.60. The average Bonchev–Trinajstić information content (AvgIpc) is 3.41. The number of carbonyl (C=O) groups excluding carboxylic acids is 1. The van der Waals surface area contributed by atoms with Crippen molar-refractivity contribution in [3.05, 3.63) is 57.2 Å². The Morgan fingerprint density at radius 2 is 2.03 bits per heavy atom. The van der Waals surface area contributed by atoms with E-state index in [1.165, 1.54) is 11.3 Å². The summed E-state index contributed by atoms with van der Waals surface area (Å²) in [6.07, 6.45) is 1.94. The quantitative estimate of drug-likeness (QED) is 0.476. The number of nitrogens with one attached hydrogen (secondary N) is 2. The van der Waals surface area contributed by atoms with Gasteiger partial charge in [-0.25, -0.2) is 14.8 Å². The normalized spacial score (nSPS) is 20.4. The van der Waals surface area contributed by atoms with E-state index < -0.39 is 5.97 Å². The summed E-state index contributed by atoms with van der Waals surface area (Å²) in [7, 11) is 0. The molecule has 0 aliphatic carbocycles. The van der Waals surface area contributed by atoms with Crippen LogP contribution in [0.5, 0.6) is 0 Å². The third-order valence-corrected chi connectivity index (χ3v) is 7.74. The number of amides is 1. The van der Waals surface area contributed by atoms with Gasteiger partial charge in [-0.1, -0.05) is 60.2 Å². The number of thiazole rings is 1. The second-order valence-electron chi connectivity index (χ2n) is 8.49. The number of hydrogen-bond acceptors (Lipinski definition) is 7. The number of rotatable bonds is 8. The third kappa shape index (κ3) is 5.48. The Labute approximate surface area is 207 Å². The average molecular weight is 502 g/mol. The molecule has 1 aromatic carbocycles. The first-order chi connectivity index (χ1) is 16.4. The van der Waals surface area contributed by atoms with Gasteiger partial charge in [-0.3, -0.25) is 4.79 Å². The highest BCUT2D eigenvalue weighted by Crippen LogP contribution is 2.29. The lowest BCUT2D eigenvalue weighted by Gasteiger charge is -2.39. The summed E-state index contributed by atoms with van der Waals surface area (Å²) < 4.78 is 0. The number of carboxylic acid groups (broad SMARTS) is 1. The number of allylic oxidation sites excluding steroid dienone is 1. The van der Waals surface area contributed by atoms with Crippen LogP contribution in [0, 0.1) is 6.92 Å². The fourth-order valence-corrected chi connectivity index (χ4v) is 5.47. The van der Waals surface area contributed by atoms with Crippen LogP contribution in [0.15, 0.2) is 46.1 Å². The molecule has 3 N–H and O–H groups in total. The molecule has 3 heterocycles. The largest absolute Gasteiger partial charge is 0.477 e. The maximum atomic E-state index is 13.0. The third-order valence-electron chi connectivity index (χ3n) is 6.19. The number of carboxylic acids is 1. The number of halogens is 1. The van der Waals surface area contributed by atoms with E-state index in [1.807, 2.05) is 25.1 Å². The van der Waals surface area contributed by atoms with Crippen LogP contribution in [-0.2, 0) is 11.3 Å². The molecular formula is C24H28ClN5O3S. The number of nitrogens with zero attached hydrogens (tertiary/aromatic N) is 3. The molecule has 1 saturated heterocycles. The summed E-state index contributed by atoms with van der Waals surface area (Å²) in [5.74, 6) is -1.15. The number of aromatic nitrogens is 1. The Morgan fingerprint density at radius 1 is 1.26 bits per heavy atom. The van der Waals surface area contributed by atoms with E-state index in [4.69, 9.17) is 11.6 Å². The fourth-order valence-electron chi connectivity index (χ4n) is 4.23. The Hall–Kier alpha value is -2.75. The summed E-state index contributed by atoms with van der Waals surface area (Å²) in [6, 6.07) is 9.90. The van der Waals surface area contributed by atoms with Crippen molar-refractivity contribution in [1.29, 1.82) is 0 Å². The molecule has 1 amide bonds. The van der Waals surface area contributed by atoms with Gasteiger partial charge < -0.3 is 20.6 Å². The standard InChI is InChI=1S/C24H28ClN5O3S/c1-3-16-11-18(28-21(16)25)22(31)29-17-9-10-30(24-27-14(2)20(34-24)23(32)33)13-19(17)26-12-15-7-5-4-6-8-15/h4-8,17,19,26H,3,9-13H2,1-2H3,(H,29,31)(H,32,33)/t17-,19+/m1/s1. The van der Waals surface area contributed by atoms with Crippen LogP contribution in [0.2, 0.25) is 0 Å². The van der Waals surface area contributed by atoms with Gasteiger partial charge in [0, 0.05) is 38.1 Å². The molecule has 2 aromatic rings. The van der Waals surface area contributed by atoms with Crippen molar-refractivity contribution in [1.82, 2.24) is 15.6 Å². The molecule has 180 valence electrons. The molecule has 2 aliphatic rings. The van der Waals surface area contributed by atoms with Crippen molar-refractivity contribution in [3.8, 4) is 0 Å². The molecule has 1 fully saturated rings. The molecule has 0 saturated carbocycles. The SMILES string of the molecule is CCC1=C(Cl)N=C(C(=O)N[C@@H]2CCN(c3nc(C)c(C(=O)O)s3)C[C@@H]2NCc2ccccc2)C1. The van der Waals surface area contributed by atoms with Gasteiger partial charge in [-0.15, -0.1) is 0 Å². The monoisotopic (exact) mass is 501 g/mol. The minimum Gasteiger partial charge on any atom is -0.477 e. The molecule has 34 heavy (non-hydrogen) atoms. The first kappa shape index (κ1) is 24.4. The van der Waals surface area contributed by atoms with Gasteiger partial charge in [-0.05, 0) is 30.9 Å². The summed E-state index contributed by atoms with van der Waals surface area (Å²) in [5.41, 5.74) is 3.10. The van der Waals surface area contributed by atoms with Gasteiger partial charge in [0.2, 0.25) is 0 Å². The lowest BCUT2D eigenvalue weighted by molar-refractivity contribution is -0.115. The molecule has 0 unspecified atom stereocenters. The predicted molar refractivity (Wildman–Crippen MR) is 135 cm³/mol. The van der Waals surface area contributed by atoms with Crippen LogP contribution in [0.25, 0.3) is 0 Å². The molecule has 2 aliphatic heterocycles. The minimum absolute atomic E-state index is 0.0635. The van der Waals surface area contributed by atoms with E-state index in [2.05, 4.69) is 37.6 Å². The van der Waals surface area contributed by atoms with E-state index in [1.54, 1.807) is 6.92 Å². The van der Waals surface area contributed by atoms with Crippen molar-refractivity contribution >= 4 is 45.7 Å². The number of benzene rings is 1. The van der Waals surface area contributed by atoms with Crippen LogP contribution >= 0.6 is 22.9 Å². The highest BCUT2D eigenvalue weighted by Gasteiger charge is 2.33. The smallest absolute Gasteiger partial charge is 0.347 e. The second kappa shape index (κ2) is 10.7. The minimum atomic E-state index is -0.960. The number of hydrogen-bond donors (Lipinski definition) is 3. The van der Waals surface area contributed by atoms with Gasteiger partial charge in [0.1, 0.15) is 15.7 Å². The van der Waals surface area contributed by atoms with Crippen LogP contribution in [0.3, 0.4) is 0 Å². The van der Waals surface area contributed by atoms with Crippen LogP contribution in [0.4, 0.5) is 5.13 Å². The highest BCUT2D eigenvalue weighted by atomic mass is 35.5. The van der Waals surface area contributed by atoms with Gasteiger partial charge in [0.25, 0.3) is 5.91 Å². The van der Waals surface area contributed by atoms with Crippen molar-refractivity contribution in [2.24, 2.45) is 4.99 Å². The van der Waals surface area contributed by atoms with E-state index >= 15 is 0 Å². The molecule has 0 radical (unpaired) electrons. The molecule has 10 heteroatoms. The van der Waals surface area contributed by atoms with Crippen LogP contribution in [0.1, 0.15) is 47.1 Å². The summed E-state index contributed by atoms with van der Waals surface area (Å²) >= 11 is 7.37. The highest BCUT2D eigenvalue weighted by molar-refractivity contribution is 7.17. The lowest BCUT2D eigenvalue weighted by atomic mass is 9.98. The molecule has 8 nitrogen and oxygen atoms in total. The Morgan fingerprint density at radius 3 is 2.68 bits per heavy atom. The fraction of sp³-hybridized carbons (Fsp3) is 0.417. The summed E-state index contributed by atoms with van der Waals surface area (Å²) in [6.45, 7) is 5.62. The number of piperidine rings is 1.